The van der Waals surface area contributed by atoms with Gasteiger partial charge in [-0.3, -0.25) is 10.2 Å². The molecule has 0 aromatic carbocycles. The molecule has 27 heavy (non-hydrogen) atoms. The number of hydrogen-bond acceptors (Lipinski definition) is 7. The third kappa shape index (κ3) is 3.20. The summed E-state index contributed by atoms with van der Waals surface area (Å²) >= 11 is 0. The highest BCUT2D eigenvalue weighted by Gasteiger charge is 2.42. The van der Waals surface area contributed by atoms with Gasteiger partial charge < -0.3 is 9.73 Å². The van der Waals surface area contributed by atoms with Crippen molar-refractivity contribution >= 4 is 5.91 Å². The molecule has 0 bridgehead atoms. The predicted octanol–water partition coefficient (Wildman–Crippen LogP) is 1.67. The normalized spacial score (nSPS) is 27.0. The van der Waals surface area contributed by atoms with Crippen molar-refractivity contribution in [1.82, 2.24) is 26.1 Å². The van der Waals surface area contributed by atoms with Gasteiger partial charge in [0.15, 0.2) is 6.39 Å². The Labute approximate surface area is 157 Å². The van der Waals surface area contributed by atoms with Gasteiger partial charge in [0.2, 0.25) is 0 Å². The van der Waals surface area contributed by atoms with Crippen LogP contribution in [0.5, 0.6) is 0 Å². The smallest absolute Gasteiger partial charge is 0.270 e. The van der Waals surface area contributed by atoms with E-state index in [9.17, 15) is 4.79 Å². The standard InChI is InChI=1S/C19H22N6O2/c1-10-11(2)17(22-7-12(10)6-20)19(26)23-13-3-4-15-14(5-13)18(25-24-15)16-8-21-9-27-16/h7-9,13-15,18,24-25H,3-5H2,1-2H3,(H,23,26). The Morgan fingerprint density at radius 2 is 2.15 bits per heavy atom. The van der Waals surface area contributed by atoms with Crippen molar-refractivity contribution in [3.8, 4) is 6.07 Å². The lowest BCUT2D eigenvalue weighted by atomic mass is 9.78. The van der Waals surface area contributed by atoms with Crippen molar-refractivity contribution in [2.75, 3.05) is 0 Å². The summed E-state index contributed by atoms with van der Waals surface area (Å²) in [4.78, 5) is 21.0. The molecule has 1 aliphatic carbocycles. The van der Waals surface area contributed by atoms with E-state index in [0.29, 0.717) is 23.2 Å². The molecule has 3 heterocycles. The van der Waals surface area contributed by atoms with Crippen LogP contribution in [0.15, 0.2) is 23.2 Å². The van der Waals surface area contributed by atoms with Crippen LogP contribution in [0, 0.1) is 31.1 Å². The second kappa shape index (κ2) is 7.10. The van der Waals surface area contributed by atoms with Gasteiger partial charge in [0.1, 0.15) is 17.5 Å². The van der Waals surface area contributed by atoms with Gasteiger partial charge in [0.25, 0.3) is 5.91 Å². The number of carbonyl (C=O) groups is 1. The van der Waals surface area contributed by atoms with Crippen molar-refractivity contribution in [3.63, 3.8) is 0 Å². The first kappa shape index (κ1) is 17.6. The summed E-state index contributed by atoms with van der Waals surface area (Å²) in [6.45, 7) is 3.68. The molecular formula is C19H22N6O2. The number of hydrazine groups is 1. The fourth-order valence-corrected chi connectivity index (χ4v) is 4.15. The molecule has 8 nitrogen and oxygen atoms in total. The number of nitriles is 1. The van der Waals surface area contributed by atoms with Gasteiger partial charge >= 0.3 is 0 Å². The van der Waals surface area contributed by atoms with E-state index in [1.165, 1.54) is 12.6 Å². The van der Waals surface area contributed by atoms with Gasteiger partial charge in [-0.05, 0) is 44.2 Å². The first-order chi connectivity index (χ1) is 13.1. The van der Waals surface area contributed by atoms with Gasteiger partial charge in [0.05, 0.1) is 17.8 Å². The summed E-state index contributed by atoms with van der Waals surface area (Å²) in [5.41, 5.74) is 9.08. The molecule has 2 aromatic heterocycles. The molecule has 2 aliphatic rings. The fourth-order valence-electron chi connectivity index (χ4n) is 4.15. The Morgan fingerprint density at radius 3 is 2.89 bits per heavy atom. The lowest BCUT2D eigenvalue weighted by Gasteiger charge is -2.33. The van der Waals surface area contributed by atoms with Gasteiger partial charge in [-0.1, -0.05) is 0 Å². The zero-order chi connectivity index (χ0) is 19.0. The number of nitrogens with one attached hydrogen (secondary N) is 3. The lowest BCUT2D eigenvalue weighted by Crippen LogP contribution is -2.44. The van der Waals surface area contributed by atoms with Gasteiger partial charge in [-0.15, -0.1) is 0 Å². The molecule has 2 aromatic rings. The van der Waals surface area contributed by atoms with Gasteiger partial charge in [-0.25, -0.2) is 15.4 Å². The maximum Gasteiger partial charge on any atom is 0.270 e. The largest absolute Gasteiger partial charge is 0.447 e. The van der Waals surface area contributed by atoms with Crippen LogP contribution in [-0.2, 0) is 0 Å². The number of fused-ring (bicyclic) bond motifs is 1. The Balaban J connectivity index is 1.47. The highest BCUT2D eigenvalue weighted by Crippen LogP contribution is 2.38. The highest BCUT2D eigenvalue weighted by atomic mass is 16.3. The van der Waals surface area contributed by atoms with E-state index in [-0.39, 0.29) is 18.0 Å². The van der Waals surface area contributed by atoms with Crippen LogP contribution in [0.1, 0.15) is 58.2 Å². The van der Waals surface area contributed by atoms with Crippen molar-refractivity contribution in [2.45, 2.75) is 51.2 Å². The monoisotopic (exact) mass is 366 g/mol. The van der Waals surface area contributed by atoms with E-state index in [4.69, 9.17) is 9.68 Å². The molecule has 0 spiro atoms. The maximum atomic E-state index is 12.8. The molecule has 1 saturated heterocycles. The van der Waals surface area contributed by atoms with Crippen molar-refractivity contribution in [1.29, 1.82) is 5.26 Å². The molecule has 0 radical (unpaired) electrons. The number of pyridine rings is 1. The van der Waals surface area contributed by atoms with Crippen LogP contribution < -0.4 is 16.2 Å². The molecule has 4 atom stereocenters. The average molecular weight is 366 g/mol. The number of aromatic nitrogens is 2. The molecule has 3 N–H and O–H groups in total. The topological polar surface area (TPSA) is 116 Å². The number of amides is 1. The Morgan fingerprint density at radius 1 is 1.30 bits per heavy atom. The van der Waals surface area contributed by atoms with Crippen LogP contribution in [0.4, 0.5) is 0 Å². The summed E-state index contributed by atoms with van der Waals surface area (Å²) in [5, 5.41) is 12.2. The molecule has 4 unspecified atom stereocenters. The molecular weight excluding hydrogens is 344 g/mol. The second-order valence-corrected chi connectivity index (χ2v) is 7.31. The third-order valence-corrected chi connectivity index (χ3v) is 5.83. The zero-order valence-electron chi connectivity index (χ0n) is 15.3. The van der Waals surface area contributed by atoms with Gasteiger partial charge in [-0.2, -0.15) is 5.26 Å². The van der Waals surface area contributed by atoms with E-state index in [2.05, 4.69) is 32.2 Å². The number of oxazole rings is 1. The first-order valence-corrected chi connectivity index (χ1v) is 9.15. The lowest BCUT2D eigenvalue weighted by molar-refractivity contribution is 0.0908. The summed E-state index contributed by atoms with van der Waals surface area (Å²) in [6.07, 6.45) is 7.35. The number of carbonyl (C=O) groups excluding carboxylic acids is 1. The third-order valence-electron chi connectivity index (χ3n) is 5.83. The maximum absolute atomic E-state index is 12.8. The zero-order valence-corrected chi connectivity index (χ0v) is 15.3. The predicted molar refractivity (Wildman–Crippen MR) is 96.3 cm³/mol. The summed E-state index contributed by atoms with van der Waals surface area (Å²) in [5.74, 6) is 0.939. The molecule has 140 valence electrons. The van der Waals surface area contributed by atoms with Crippen LogP contribution in [0.3, 0.4) is 0 Å². The SMILES string of the molecule is Cc1c(C#N)cnc(C(=O)NC2CCC3NNC(c4cnco4)C3C2)c1C. The van der Waals surface area contributed by atoms with E-state index in [1.807, 2.05) is 13.8 Å². The Hall–Kier alpha value is -2.76. The van der Waals surface area contributed by atoms with Crippen LogP contribution in [0.2, 0.25) is 0 Å². The minimum atomic E-state index is -0.182. The molecule has 1 aliphatic heterocycles. The Kier molecular flexibility index (Phi) is 4.64. The van der Waals surface area contributed by atoms with Crippen molar-refractivity contribution in [2.24, 2.45) is 5.92 Å². The number of rotatable bonds is 3. The second-order valence-electron chi connectivity index (χ2n) is 7.31. The van der Waals surface area contributed by atoms with Crippen LogP contribution >= 0.6 is 0 Å². The summed E-state index contributed by atoms with van der Waals surface area (Å²) in [7, 11) is 0. The minimum absolute atomic E-state index is 0.0502. The summed E-state index contributed by atoms with van der Waals surface area (Å²) in [6, 6.07) is 2.58. The Bertz CT molecular complexity index is 888. The number of hydrogen-bond donors (Lipinski definition) is 3. The van der Waals surface area contributed by atoms with Crippen molar-refractivity contribution < 1.29 is 9.21 Å². The van der Waals surface area contributed by atoms with E-state index >= 15 is 0 Å². The molecule has 2 fully saturated rings. The quantitative estimate of drug-likeness (QED) is 0.757. The van der Waals surface area contributed by atoms with Crippen LogP contribution in [0.25, 0.3) is 0 Å². The first-order valence-electron chi connectivity index (χ1n) is 9.15. The van der Waals surface area contributed by atoms with Crippen molar-refractivity contribution in [3.05, 3.63) is 46.9 Å². The molecule has 8 heteroatoms. The fraction of sp³-hybridized carbons (Fsp3) is 0.474. The van der Waals surface area contributed by atoms with E-state index < -0.39 is 0 Å². The summed E-state index contributed by atoms with van der Waals surface area (Å²) < 4.78 is 5.47. The van der Waals surface area contributed by atoms with E-state index in [0.717, 1.165) is 36.1 Å². The highest BCUT2D eigenvalue weighted by molar-refractivity contribution is 5.94. The molecule has 1 saturated carbocycles. The average Bonchev–Trinajstić information content (AvgIpc) is 3.32. The minimum Gasteiger partial charge on any atom is -0.447 e. The molecule has 1 amide bonds. The van der Waals surface area contributed by atoms with Gasteiger partial charge in [0, 0.05) is 24.2 Å². The molecule has 4 rings (SSSR count). The van der Waals surface area contributed by atoms with Crippen LogP contribution in [-0.4, -0.2) is 28.0 Å². The van der Waals surface area contributed by atoms with E-state index in [1.54, 1.807) is 6.20 Å². The number of nitrogens with zero attached hydrogens (tertiary/aromatic N) is 3.